The maximum Gasteiger partial charge on any atom is 0.231 e. The van der Waals surface area contributed by atoms with Crippen molar-refractivity contribution in [3.63, 3.8) is 0 Å². The lowest BCUT2D eigenvalue weighted by molar-refractivity contribution is 0.385. The van der Waals surface area contributed by atoms with E-state index in [0.717, 1.165) is 11.1 Å². The fourth-order valence-electron chi connectivity index (χ4n) is 1.85. The SMILES string of the molecule is Clc1ccccc1-c1noc(Cc2ccccc2)n1. The predicted octanol–water partition coefficient (Wildman–Crippen LogP) is 3.98. The lowest BCUT2D eigenvalue weighted by Crippen LogP contribution is -1.88. The molecule has 0 saturated heterocycles. The number of benzene rings is 2. The van der Waals surface area contributed by atoms with Crippen molar-refractivity contribution in [3.8, 4) is 11.4 Å². The van der Waals surface area contributed by atoms with Crippen LogP contribution in [0.3, 0.4) is 0 Å². The number of nitrogens with zero attached hydrogens (tertiary/aromatic N) is 2. The van der Waals surface area contributed by atoms with Gasteiger partial charge in [0.25, 0.3) is 0 Å². The molecule has 0 saturated carbocycles. The second-order valence-corrected chi connectivity index (χ2v) is 4.56. The maximum absolute atomic E-state index is 6.11. The van der Waals surface area contributed by atoms with Crippen LogP contribution in [0, 0.1) is 0 Å². The molecule has 3 nitrogen and oxygen atoms in total. The minimum absolute atomic E-state index is 0.525. The molecule has 0 N–H and O–H groups in total. The van der Waals surface area contributed by atoms with Gasteiger partial charge >= 0.3 is 0 Å². The number of aromatic nitrogens is 2. The highest BCUT2D eigenvalue weighted by molar-refractivity contribution is 6.33. The number of hydrogen-bond donors (Lipinski definition) is 0. The van der Waals surface area contributed by atoms with Crippen molar-refractivity contribution < 1.29 is 4.52 Å². The van der Waals surface area contributed by atoms with Crippen LogP contribution in [-0.4, -0.2) is 10.1 Å². The van der Waals surface area contributed by atoms with Crippen molar-refractivity contribution in [2.45, 2.75) is 6.42 Å². The zero-order chi connectivity index (χ0) is 13.1. The summed E-state index contributed by atoms with van der Waals surface area (Å²) in [6, 6.07) is 17.5. The van der Waals surface area contributed by atoms with E-state index in [2.05, 4.69) is 10.1 Å². The predicted molar refractivity (Wildman–Crippen MR) is 74.0 cm³/mol. The molecule has 3 aromatic rings. The molecule has 3 rings (SSSR count). The largest absolute Gasteiger partial charge is 0.339 e. The van der Waals surface area contributed by atoms with Gasteiger partial charge in [-0.3, -0.25) is 0 Å². The fraction of sp³-hybridized carbons (Fsp3) is 0.0667. The van der Waals surface area contributed by atoms with Gasteiger partial charge in [-0.2, -0.15) is 4.98 Å². The second kappa shape index (κ2) is 5.24. The van der Waals surface area contributed by atoms with E-state index >= 15 is 0 Å². The van der Waals surface area contributed by atoms with Gasteiger partial charge in [0.15, 0.2) is 0 Å². The number of rotatable bonds is 3. The third kappa shape index (κ3) is 2.66. The molecular weight excluding hydrogens is 260 g/mol. The van der Waals surface area contributed by atoms with Crippen molar-refractivity contribution >= 4 is 11.6 Å². The van der Waals surface area contributed by atoms with Gasteiger partial charge in [-0.05, 0) is 17.7 Å². The monoisotopic (exact) mass is 270 g/mol. The zero-order valence-corrected chi connectivity index (χ0v) is 10.8. The molecule has 1 heterocycles. The van der Waals surface area contributed by atoms with Gasteiger partial charge in [-0.15, -0.1) is 0 Å². The van der Waals surface area contributed by atoms with Crippen LogP contribution in [-0.2, 0) is 6.42 Å². The Morgan fingerprint density at radius 1 is 0.947 bits per heavy atom. The van der Waals surface area contributed by atoms with Crippen LogP contribution in [0.2, 0.25) is 5.02 Å². The third-order valence-corrected chi connectivity index (χ3v) is 3.11. The van der Waals surface area contributed by atoms with Crippen molar-refractivity contribution in [1.82, 2.24) is 10.1 Å². The molecule has 2 aromatic carbocycles. The first-order valence-electron chi connectivity index (χ1n) is 5.94. The highest BCUT2D eigenvalue weighted by Crippen LogP contribution is 2.25. The van der Waals surface area contributed by atoms with Gasteiger partial charge in [0.05, 0.1) is 11.4 Å². The molecule has 0 spiro atoms. The van der Waals surface area contributed by atoms with Crippen molar-refractivity contribution in [3.05, 3.63) is 71.1 Å². The van der Waals surface area contributed by atoms with Gasteiger partial charge in [-0.1, -0.05) is 59.2 Å². The summed E-state index contributed by atoms with van der Waals surface area (Å²) in [5.41, 5.74) is 1.92. The molecule has 0 atom stereocenters. The van der Waals surface area contributed by atoms with E-state index in [1.165, 1.54) is 0 Å². The first-order valence-corrected chi connectivity index (χ1v) is 6.32. The summed E-state index contributed by atoms with van der Waals surface area (Å²) in [6.45, 7) is 0. The molecule has 4 heteroatoms. The molecular formula is C15H11ClN2O. The van der Waals surface area contributed by atoms with Crippen LogP contribution in [0.25, 0.3) is 11.4 Å². The van der Waals surface area contributed by atoms with Gasteiger partial charge in [0.1, 0.15) is 0 Å². The Labute approximate surface area is 115 Å². The van der Waals surface area contributed by atoms with Crippen LogP contribution < -0.4 is 0 Å². The maximum atomic E-state index is 6.11. The van der Waals surface area contributed by atoms with Crippen molar-refractivity contribution in [2.24, 2.45) is 0 Å². The van der Waals surface area contributed by atoms with E-state index in [9.17, 15) is 0 Å². The summed E-state index contributed by atoms with van der Waals surface area (Å²) in [6.07, 6.45) is 0.623. The van der Waals surface area contributed by atoms with E-state index in [-0.39, 0.29) is 0 Å². The van der Waals surface area contributed by atoms with Gasteiger partial charge < -0.3 is 4.52 Å². The summed E-state index contributed by atoms with van der Waals surface area (Å²) in [5.74, 6) is 1.11. The Bertz CT molecular complexity index is 679. The first-order chi connectivity index (χ1) is 9.33. The summed E-state index contributed by atoms with van der Waals surface area (Å²) in [4.78, 5) is 4.37. The lowest BCUT2D eigenvalue weighted by atomic mass is 10.1. The smallest absolute Gasteiger partial charge is 0.231 e. The minimum Gasteiger partial charge on any atom is -0.339 e. The quantitative estimate of drug-likeness (QED) is 0.722. The van der Waals surface area contributed by atoms with Crippen LogP contribution in [0.4, 0.5) is 0 Å². The van der Waals surface area contributed by atoms with Crippen LogP contribution in [0.5, 0.6) is 0 Å². The molecule has 0 fully saturated rings. The molecule has 0 aliphatic carbocycles. The Kier molecular flexibility index (Phi) is 3.29. The normalized spacial score (nSPS) is 10.6. The van der Waals surface area contributed by atoms with Crippen LogP contribution >= 0.6 is 11.6 Å². The molecule has 0 radical (unpaired) electrons. The average Bonchev–Trinajstić information content (AvgIpc) is 2.89. The molecule has 0 amide bonds. The lowest BCUT2D eigenvalue weighted by Gasteiger charge is -1.96. The topological polar surface area (TPSA) is 38.9 Å². The summed E-state index contributed by atoms with van der Waals surface area (Å²) in [5, 5.41) is 4.59. The van der Waals surface area contributed by atoms with E-state index in [0.29, 0.717) is 23.2 Å². The molecule has 0 aliphatic rings. The van der Waals surface area contributed by atoms with Gasteiger partial charge in [0.2, 0.25) is 11.7 Å². The minimum atomic E-state index is 0.525. The standard InChI is InChI=1S/C15H11ClN2O/c16-13-9-5-4-8-12(13)15-17-14(19-18-15)10-11-6-2-1-3-7-11/h1-9H,10H2. The summed E-state index contributed by atoms with van der Waals surface area (Å²) in [7, 11) is 0. The molecule has 19 heavy (non-hydrogen) atoms. The fourth-order valence-corrected chi connectivity index (χ4v) is 2.07. The van der Waals surface area contributed by atoms with Crippen LogP contribution in [0.1, 0.15) is 11.5 Å². The number of halogens is 1. The Balaban J connectivity index is 1.86. The molecule has 0 aliphatic heterocycles. The Morgan fingerprint density at radius 3 is 2.47 bits per heavy atom. The Morgan fingerprint density at radius 2 is 1.68 bits per heavy atom. The zero-order valence-electron chi connectivity index (χ0n) is 10.1. The average molecular weight is 271 g/mol. The molecule has 1 aromatic heterocycles. The highest BCUT2D eigenvalue weighted by Gasteiger charge is 2.11. The van der Waals surface area contributed by atoms with Crippen LogP contribution in [0.15, 0.2) is 59.1 Å². The molecule has 0 bridgehead atoms. The van der Waals surface area contributed by atoms with Gasteiger partial charge in [-0.25, -0.2) is 0 Å². The first kappa shape index (κ1) is 11.9. The van der Waals surface area contributed by atoms with E-state index < -0.39 is 0 Å². The highest BCUT2D eigenvalue weighted by atomic mass is 35.5. The van der Waals surface area contributed by atoms with Crippen molar-refractivity contribution in [1.29, 1.82) is 0 Å². The van der Waals surface area contributed by atoms with E-state index in [1.54, 1.807) is 0 Å². The second-order valence-electron chi connectivity index (χ2n) is 4.15. The van der Waals surface area contributed by atoms with E-state index in [4.69, 9.17) is 16.1 Å². The summed E-state index contributed by atoms with van der Waals surface area (Å²) < 4.78 is 5.26. The Hall–Kier alpha value is -2.13. The van der Waals surface area contributed by atoms with E-state index in [1.807, 2.05) is 54.6 Å². The van der Waals surface area contributed by atoms with Gasteiger partial charge in [0, 0.05) is 5.56 Å². The number of hydrogen-bond acceptors (Lipinski definition) is 3. The molecule has 94 valence electrons. The third-order valence-electron chi connectivity index (χ3n) is 2.78. The summed E-state index contributed by atoms with van der Waals surface area (Å²) >= 11 is 6.11. The molecule has 0 unspecified atom stereocenters. The van der Waals surface area contributed by atoms with Crippen molar-refractivity contribution in [2.75, 3.05) is 0 Å².